The van der Waals surface area contributed by atoms with Crippen LogP contribution in [0.2, 0.25) is 0 Å². The van der Waals surface area contributed by atoms with Gasteiger partial charge in [-0.25, -0.2) is 4.79 Å². The van der Waals surface area contributed by atoms with E-state index < -0.39 is 23.9 Å². The van der Waals surface area contributed by atoms with E-state index in [0.29, 0.717) is 85.8 Å². The lowest BCUT2D eigenvalue weighted by atomic mass is 9.95. The molecule has 0 saturated carbocycles. The number of benzene rings is 1. The van der Waals surface area contributed by atoms with Crippen molar-refractivity contribution >= 4 is 34.4 Å². The molecule has 2 fully saturated rings. The standard InChI is InChI=1S/C32H39N3O9/c1-18(17-39-4)35(30(36)21-6-10-41-11-7-21)29-23-15-27(40-5)24(28-19(2)34-44-20(28)3)14-26(23)33-16-25(29)32(38)43-31(37)22-8-12-42-13-9-22/h14-16,18,21-22H,6-13,17H2,1-5H3/t18-/m1/s1. The van der Waals surface area contributed by atoms with E-state index in [0.717, 1.165) is 5.56 Å². The second kappa shape index (κ2) is 13.8. The molecule has 1 amide bonds. The highest BCUT2D eigenvalue weighted by atomic mass is 16.6. The zero-order valence-corrected chi connectivity index (χ0v) is 25.8. The van der Waals surface area contributed by atoms with Crippen molar-refractivity contribution in [3.63, 3.8) is 0 Å². The molecule has 44 heavy (non-hydrogen) atoms. The Kier molecular flexibility index (Phi) is 9.92. The summed E-state index contributed by atoms with van der Waals surface area (Å²) < 4.78 is 33.0. The molecule has 3 aromatic rings. The van der Waals surface area contributed by atoms with Crippen molar-refractivity contribution in [2.75, 3.05) is 52.2 Å². The minimum absolute atomic E-state index is 0.00610. The summed E-state index contributed by atoms with van der Waals surface area (Å²) in [5, 5.41) is 4.57. The molecular formula is C32H39N3O9. The van der Waals surface area contributed by atoms with E-state index >= 15 is 0 Å². The molecule has 0 aliphatic carbocycles. The third-order valence-corrected chi connectivity index (χ3v) is 8.33. The van der Waals surface area contributed by atoms with Crippen molar-refractivity contribution in [2.45, 2.75) is 52.5 Å². The first kappa shape index (κ1) is 31.6. The maximum absolute atomic E-state index is 14.3. The largest absolute Gasteiger partial charge is 0.496 e. The molecule has 12 heteroatoms. The Bertz CT molecular complexity index is 1500. The Balaban J connectivity index is 1.70. The van der Waals surface area contributed by atoms with E-state index in [1.54, 1.807) is 25.2 Å². The van der Waals surface area contributed by atoms with Crippen LogP contribution in [-0.4, -0.2) is 81.3 Å². The average Bonchev–Trinajstić information content (AvgIpc) is 3.38. The SMILES string of the molecule is COC[C@@H](C)N(C(=O)C1CCOCC1)c1c(C(=O)OC(=O)C2CCOCC2)cnc2cc(-c3c(C)noc3C)c(OC)cc12. The molecule has 236 valence electrons. The summed E-state index contributed by atoms with van der Waals surface area (Å²) in [6.45, 7) is 7.47. The molecule has 0 N–H and O–H groups in total. The number of fused-ring (bicyclic) bond motifs is 1. The van der Waals surface area contributed by atoms with E-state index in [4.69, 9.17) is 28.2 Å². The Hall–Kier alpha value is -3.87. The van der Waals surface area contributed by atoms with E-state index in [2.05, 4.69) is 10.1 Å². The van der Waals surface area contributed by atoms with Gasteiger partial charge in [-0.05, 0) is 58.6 Å². The third kappa shape index (κ3) is 6.33. The number of hydrogen-bond donors (Lipinski definition) is 0. The van der Waals surface area contributed by atoms with Crippen LogP contribution in [0, 0.1) is 25.7 Å². The van der Waals surface area contributed by atoms with Crippen molar-refractivity contribution in [1.29, 1.82) is 0 Å². The first-order valence-electron chi connectivity index (χ1n) is 14.9. The zero-order valence-electron chi connectivity index (χ0n) is 25.8. The van der Waals surface area contributed by atoms with Crippen molar-refractivity contribution in [2.24, 2.45) is 11.8 Å². The van der Waals surface area contributed by atoms with Crippen LogP contribution in [0.5, 0.6) is 5.75 Å². The first-order valence-corrected chi connectivity index (χ1v) is 14.9. The van der Waals surface area contributed by atoms with Crippen LogP contribution in [0.3, 0.4) is 0 Å². The number of hydrogen-bond acceptors (Lipinski definition) is 11. The molecule has 12 nitrogen and oxygen atoms in total. The van der Waals surface area contributed by atoms with Crippen molar-refractivity contribution in [1.82, 2.24) is 10.1 Å². The summed E-state index contributed by atoms with van der Waals surface area (Å²) in [6, 6.07) is 3.09. The molecule has 0 spiro atoms. The van der Waals surface area contributed by atoms with E-state index in [-0.39, 0.29) is 29.7 Å². The van der Waals surface area contributed by atoms with E-state index in [9.17, 15) is 14.4 Å². The lowest BCUT2D eigenvalue weighted by Gasteiger charge is -2.35. The number of ether oxygens (including phenoxy) is 5. The van der Waals surface area contributed by atoms with Crippen LogP contribution in [0.25, 0.3) is 22.0 Å². The van der Waals surface area contributed by atoms with Gasteiger partial charge in [-0.1, -0.05) is 5.16 Å². The summed E-state index contributed by atoms with van der Waals surface area (Å²) in [5.41, 5.74) is 2.92. The number of amides is 1. The number of nitrogens with zero attached hydrogens (tertiary/aromatic N) is 3. The summed E-state index contributed by atoms with van der Waals surface area (Å²) in [4.78, 5) is 47.3. The first-order chi connectivity index (χ1) is 21.2. The maximum atomic E-state index is 14.3. The van der Waals surface area contributed by atoms with Gasteiger partial charge in [0.05, 0.1) is 48.1 Å². The van der Waals surface area contributed by atoms with Gasteiger partial charge in [0.2, 0.25) is 5.91 Å². The van der Waals surface area contributed by atoms with Crippen LogP contribution in [0.4, 0.5) is 5.69 Å². The van der Waals surface area contributed by atoms with Crippen LogP contribution in [0.15, 0.2) is 22.9 Å². The van der Waals surface area contributed by atoms with Crippen molar-refractivity contribution < 1.29 is 42.6 Å². The second-order valence-electron chi connectivity index (χ2n) is 11.3. The number of anilines is 1. The van der Waals surface area contributed by atoms with Gasteiger partial charge >= 0.3 is 11.9 Å². The smallest absolute Gasteiger partial charge is 0.349 e. The zero-order chi connectivity index (χ0) is 31.4. The number of carbonyl (C=O) groups excluding carboxylic acids is 3. The van der Waals surface area contributed by atoms with Crippen LogP contribution >= 0.6 is 0 Å². The maximum Gasteiger partial charge on any atom is 0.349 e. The molecule has 2 aromatic heterocycles. The number of aryl methyl sites for hydroxylation is 2. The highest BCUT2D eigenvalue weighted by molar-refractivity contribution is 6.14. The Morgan fingerprint density at radius 1 is 1.00 bits per heavy atom. The molecule has 1 aromatic carbocycles. The monoisotopic (exact) mass is 609 g/mol. The van der Waals surface area contributed by atoms with Crippen LogP contribution in [0.1, 0.15) is 54.4 Å². The minimum Gasteiger partial charge on any atom is -0.496 e. The molecule has 1 atom stereocenters. The van der Waals surface area contributed by atoms with Gasteiger partial charge in [0.15, 0.2) is 0 Å². The normalized spacial score (nSPS) is 16.9. The van der Waals surface area contributed by atoms with Crippen LogP contribution in [-0.2, 0) is 28.5 Å². The summed E-state index contributed by atoms with van der Waals surface area (Å²) in [7, 11) is 3.10. The quantitative estimate of drug-likeness (QED) is 0.252. The predicted octanol–water partition coefficient (Wildman–Crippen LogP) is 4.42. The van der Waals surface area contributed by atoms with Gasteiger partial charge in [-0.15, -0.1) is 0 Å². The number of rotatable bonds is 9. The fraction of sp³-hybridized carbons (Fsp3) is 0.531. The van der Waals surface area contributed by atoms with Gasteiger partial charge in [0, 0.05) is 56.6 Å². The number of esters is 2. The van der Waals surface area contributed by atoms with Gasteiger partial charge in [0.25, 0.3) is 0 Å². The summed E-state index contributed by atoms with van der Waals surface area (Å²) in [6.07, 6.45) is 3.38. The molecule has 0 unspecified atom stereocenters. The fourth-order valence-electron chi connectivity index (χ4n) is 6.01. The minimum atomic E-state index is -0.881. The average molecular weight is 610 g/mol. The highest BCUT2D eigenvalue weighted by Gasteiger charge is 2.36. The lowest BCUT2D eigenvalue weighted by molar-refractivity contribution is -0.145. The molecule has 0 radical (unpaired) electrons. The van der Waals surface area contributed by atoms with E-state index in [1.807, 2.05) is 26.8 Å². The number of methoxy groups -OCH3 is 2. The topological polar surface area (TPSA) is 140 Å². The Labute approximate surface area is 255 Å². The Morgan fingerprint density at radius 2 is 1.66 bits per heavy atom. The van der Waals surface area contributed by atoms with Gasteiger partial charge < -0.3 is 33.1 Å². The second-order valence-corrected chi connectivity index (χ2v) is 11.3. The van der Waals surface area contributed by atoms with Crippen LogP contribution < -0.4 is 9.64 Å². The van der Waals surface area contributed by atoms with Gasteiger partial charge in [0.1, 0.15) is 17.1 Å². The molecular weight excluding hydrogens is 570 g/mol. The number of pyridine rings is 1. The predicted molar refractivity (Wildman–Crippen MR) is 160 cm³/mol. The lowest BCUT2D eigenvalue weighted by Crippen LogP contribution is -2.46. The molecule has 2 aliphatic rings. The molecule has 0 bridgehead atoms. The summed E-state index contributed by atoms with van der Waals surface area (Å²) >= 11 is 0. The van der Waals surface area contributed by atoms with Crippen molar-refractivity contribution in [3.8, 4) is 16.9 Å². The number of carbonyl (C=O) groups is 3. The molecule has 5 rings (SSSR count). The number of aromatic nitrogens is 2. The molecule has 2 aliphatic heterocycles. The Morgan fingerprint density at radius 3 is 2.25 bits per heavy atom. The van der Waals surface area contributed by atoms with Gasteiger partial charge in [-0.2, -0.15) is 0 Å². The third-order valence-electron chi connectivity index (χ3n) is 8.33. The molecule has 4 heterocycles. The van der Waals surface area contributed by atoms with Gasteiger partial charge in [-0.3, -0.25) is 14.6 Å². The fourth-order valence-corrected chi connectivity index (χ4v) is 6.01. The summed E-state index contributed by atoms with van der Waals surface area (Å²) in [5.74, 6) is -1.38. The van der Waals surface area contributed by atoms with Crippen molar-refractivity contribution in [3.05, 3.63) is 35.3 Å². The molecule has 2 saturated heterocycles. The van der Waals surface area contributed by atoms with E-state index in [1.165, 1.54) is 6.20 Å². The highest BCUT2D eigenvalue weighted by Crippen LogP contribution is 2.42.